The average molecular weight is 158 g/mol. The Morgan fingerprint density at radius 3 is 2.18 bits per heavy atom. The lowest BCUT2D eigenvalue weighted by Gasteiger charge is -2.29. The van der Waals surface area contributed by atoms with Crippen molar-refractivity contribution >= 4 is 0 Å². The summed E-state index contributed by atoms with van der Waals surface area (Å²) >= 11 is 0. The second-order valence-electron chi connectivity index (χ2n) is 3.73. The predicted molar refractivity (Wildman–Crippen MR) is 49.8 cm³/mol. The Morgan fingerprint density at radius 1 is 1.36 bits per heavy atom. The summed E-state index contributed by atoms with van der Waals surface area (Å²) in [6, 6.07) is 0. The van der Waals surface area contributed by atoms with Gasteiger partial charge >= 0.3 is 0 Å². The summed E-state index contributed by atoms with van der Waals surface area (Å²) in [6.45, 7) is 8.90. The Labute approximate surface area is 71.1 Å². The van der Waals surface area contributed by atoms with Gasteiger partial charge in [0, 0.05) is 7.11 Å². The van der Waals surface area contributed by atoms with Crippen molar-refractivity contribution in [2.45, 2.75) is 52.6 Å². The van der Waals surface area contributed by atoms with Gasteiger partial charge in [-0.15, -0.1) is 0 Å². The molecule has 11 heavy (non-hydrogen) atoms. The maximum Gasteiger partial charge on any atom is 0.0650 e. The molecule has 0 saturated heterocycles. The molecule has 68 valence electrons. The molecule has 0 fully saturated rings. The first-order chi connectivity index (χ1) is 5.08. The zero-order valence-electron chi connectivity index (χ0n) is 8.61. The quantitative estimate of drug-likeness (QED) is 0.597. The number of hydrogen-bond donors (Lipinski definition) is 0. The van der Waals surface area contributed by atoms with Crippen LogP contribution in [-0.4, -0.2) is 12.7 Å². The van der Waals surface area contributed by atoms with E-state index in [0.29, 0.717) is 0 Å². The summed E-state index contributed by atoms with van der Waals surface area (Å²) in [5.74, 6) is 0.778. The van der Waals surface area contributed by atoms with E-state index < -0.39 is 0 Å². The molecule has 2 atom stereocenters. The monoisotopic (exact) mass is 158 g/mol. The van der Waals surface area contributed by atoms with Crippen LogP contribution >= 0.6 is 0 Å². The van der Waals surface area contributed by atoms with E-state index in [0.717, 1.165) is 12.3 Å². The standard InChI is InChI=1S/C10H22O/c1-6-9(3)8-10(4,7-2)11-5/h9H,6-8H2,1-5H3. The molecule has 0 aromatic carbocycles. The fourth-order valence-electron chi connectivity index (χ4n) is 1.25. The van der Waals surface area contributed by atoms with Crippen LogP contribution in [0.5, 0.6) is 0 Å². The molecule has 0 rings (SSSR count). The molecular formula is C10H22O. The van der Waals surface area contributed by atoms with E-state index in [1.807, 2.05) is 7.11 Å². The first-order valence-corrected chi connectivity index (χ1v) is 4.63. The van der Waals surface area contributed by atoms with E-state index >= 15 is 0 Å². The maximum atomic E-state index is 5.46. The van der Waals surface area contributed by atoms with Crippen molar-refractivity contribution in [1.29, 1.82) is 0 Å². The van der Waals surface area contributed by atoms with Gasteiger partial charge in [-0.05, 0) is 25.7 Å². The van der Waals surface area contributed by atoms with Gasteiger partial charge in [0.25, 0.3) is 0 Å². The fourth-order valence-corrected chi connectivity index (χ4v) is 1.25. The smallest absolute Gasteiger partial charge is 0.0650 e. The second kappa shape index (κ2) is 4.76. The van der Waals surface area contributed by atoms with Gasteiger partial charge in [0.1, 0.15) is 0 Å². The number of ether oxygens (including phenoxy) is 1. The molecule has 0 heterocycles. The molecule has 0 N–H and O–H groups in total. The molecule has 0 spiro atoms. The minimum atomic E-state index is 0.107. The molecule has 0 aliphatic rings. The third kappa shape index (κ3) is 3.76. The molecule has 0 aromatic heterocycles. The van der Waals surface area contributed by atoms with Crippen LogP contribution in [0.25, 0.3) is 0 Å². The average Bonchev–Trinajstić information content (AvgIpc) is 2.04. The van der Waals surface area contributed by atoms with E-state index in [1.54, 1.807) is 0 Å². The lowest BCUT2D eigenvalue weighted by molar-refractivity contribution is -0.0156. The van der Waals surface area contributed by atoms with Crippen molar-refractivity contribution in [3.8, 4) is 0 Å². The van der Waals surface area contributed by atoms with Gasteiger partial charge in [0.05, 0.1) is 5.60 Å². The zero-order chi connectivity index (χ0) is 8.91. The fraction of sp³-hybridized carbons (Fsp3) is 1.00. The summed E-state index contributed by atoms with van der Waals surface area (Å²) in [5.41, 5.74) is 0.107. The summed E-state index contributed by atoms with van der Waals surface area (Å²) in [6.07, 6.45) is 3.53. The van der Waals surface area contributed by atoms with Crippen molar-refractivity contribution < 1.29 is 4.74 Å². The lowest BCUT2D eigenvalue weighted by atomic mass is 9.89. The summed E-state index contributed by atoms with van der Waals surface area (Å²) in [7, 11) is 1.81. The van der Waals surface area contributed by atoms with Gasteiger partial charge in [0.15, 0.2) is 0 Å². The van der Waals surface area contributed by atoms with Gasteiger partial charge in [-0.3, -0.25) is 0 Å². The van der Waals surface area contributed by atoms with E-state index in [9.17, 15) is 0 Å². The highest BCUT2D eigenvalue weighted by Gasteiger charge is 2.22. The molecule has 0 amide bonds. The third-order valence-electron chi connectivity index (χ3n) is 2.72. The van der Waals surface area contributed by atoms with Crippen molar-refractivity contribution in [3.63, 3.8) is 0 Å². The Kier molecular flexibility index (Phi) is 4.74. The van der Waals surface area contributed by atoms with E-state index in [4.69, 9.17) is 4.74 Å². The normalized spacial score (nSPS) is 19.4. The Morgan fingerprint density at radius 2 is 1.91 bits per heavy atom. The Hall–Kier alpha value is -0.0400. The minimum absolute atomic E-state index is 0.107. The van der Waals surface area contributed by atoms with Gasteiger partial charge in [0.2, 0.25) is 0 Å². The first-order valence-electron chi connectivity index (χ1n) is 4.63. The van der Waals surface area contributed by atoms with Crippen molar-refractivity contribution in [2.24, 2.45) is 5.92 Å². The highest BCUT2D eigenvalue weighted by molar-refractivity contribution is 4.74. The Balaban J connectivity index is 3.86. The highest BCUT2D eigenvalue weighted by Crippen LogP contribution is 2.24. The SMILES string of the molecule is CCC(C)CC(C)(CC)OC. The summed E-state index contributed by atoms with van der Waals surface area (Å²) in [5, 5.41) is 0. The van der Waals surface area contributed by atoms with E-state index in [2.05, 4.69) is 27.7 Å². The third-order valence-corrected chi connectivity index (χ3v) is 2.72. The first kappa shape index (κ1) is 11.0. The molecule has 0 bridgehead atoms. The van der Waals surface area contributed by atoms with Crippen LogP contribution in [0.4, 0.5) is 0 Å². The highest BCUT2D eigenvalue weighted by atomic mass is 16.5. The molecular weight excluding hydrogens is 136 g/mol. The largest absolute Gasteiger partial charge is 0.379 e. The van der Waals surface area contributed by atoms with Crippen LogP contribution in [0.15, 0.2) is 0 Å². The molecule has 2 unspecified atom stereocenters. The second-order valence-corrected chi connectivity index (χ2v) is 3.73. The number of rotatable bonds is 5. The van der Waals surface area contributed by atoms with Crippen molar-refractivity contribution in [1.82, 2.24) is 0 Å². The molecule has 1 nitrogen and oxygen atoms in total. The molecule has 0 radical (unpaired) electrons. The van der Waals surface area contributed by atoms with Crippen LogP contribution in [0, 0.1) is 5.92 Å². The van der Waals surface area contributed by atoms with Crippen LogP contribution in [0.3, 0.4) is 0 Å². The number of methoxy groups -OCH3 is 1. The van der Waals surface area contributed by atoms with Gasteiger partial charge in [-0.25, -0.2) is 0 Å². The van der Waals surface area contributed by atoms with E-state index in [-0.39, 0.29) is 5.60 Å². The summed E-state index contributed by atoms with van der Waals surface area (Å²) in [4.78, 5) is 0. The van der Waals surface area contributed by atoms with Crippen LogP contribution < -0.4 is 0 Å². The minimum Gasteiger partial charge on any atom is -0.379 e. The molecule has 0 saturated carbocycles. The van der Waals surface area contributed by atoms with Crippen LogP contribution in [-0.2, 0) is 4.74 Å². The van der Waals surface area contributed by atoms with Crippen LogP contribution in [0.2, 0.25) is 0 Å². The molecule has 0 aromatic rings. The van der Waals surface area contributed by atoms with E-state index in [1.165, 1.54) is 12.8 Å². The maximum absolute atomic E-state index is 5.46. The Bertz CT molecular complexity index is 95.0. The topological polar surface area (TPSA) is 9.23 Å². The predicted octanol–water partition coefficient (Wildman–Crippen LogP) is 3.24. The van der Waals surface area contributed by atoms with Crippen molar-refractivity contribution in [3.05, 3.63) is 0 Å². The number of hydrogen-bond acceptors (Lipinski definition) is 1. The van der Waals surface area contributed by atoms with Gasteiger partial charge in [-0.1, -0.05) is 27.2 Å². The van der Waals surface area contributed by atoms with Gasteiger partial charge in [-0.2, -0.15) is 0 Å². The zero-order valence-corrected chi connectivity index (χ0v) is 8.61. The lowest BCUT2D eigenvalue weighted by Crippen LogP contribution is -2.28. The van der Waals surface area contributed by atoms with Crippen LogP contribution in [0.1, 0.15) is 47.0 Å². The van der Waals surface area contributed by atoms with Gasteiger partial charge < -0.3 is 4.74 Å². The molecule has 1 heteroatoms. The summed E-state index contributed by atoms with van der Waals surface area (Å²) < 4.78 is 5.46. The molecule has 0 aliphatic carbocycles. The van der Waals surface area contributed by atoms with Crippen molar-refractivity contribution in [2.75, 3.05) is 7.11 Å². The molecule has 0 aliphatic heterocycles.